The molecule has 2 nitrogen and oxygen atoms in total. The van der Waals surface area contributed by atoms with Gasteiger partial charge in [0.05, 0.1) is 17.7 Å². The normalized spacial score (nSPS) is 10.3. The zero-order valence-electron chi connectivity index (χ0n) is 9.12. The fourth-order valence-corrected chi connectivity index (χ4v) is 1.19. The van der Waals surface area contributed by atoms with Crippen LogP contribution in [0.5, 0.6) is 0 Å². The van der Waals surface area contributed by atoms with Gasteiger partial charge in [0.1, 0.15) is 0 Å². The van der Waals surface area contributed by atoms with Gasteiger partial charge >= 0.3 is 5.97 Å². The number of halogens is 5. The molecule has 0 radical (unpaired) electrons. The van der Waals surface area contributed by atoms with Crippen molar-refractivity contribution >= 4 is 11.5 Å². The molecule has 0 bridgehead atoms. The van der Waals surface area contributed by atoms with Crippen LogP contribution < -0.4 is 0 Å². The number of carbonyl (C=O) groups is 1. The van der Waals surface area contributed by atoms with Crippen LogP contribution in [0.1, 0.15) is 12.5 Å². The highest BCUT2D eigenvalue weighted by atomic mass is 19.2. The number of rotatable bonds is 3. The fourth-order valence-electron chi connectivity index (χ4n) is 1.19. The predicted molar refractivity (Wildman–Crippen MR) is 51.9 cm³/mol. The summed E-state index contributed by atoms with van der Waals surface area (Å²) in [6.45, 7) is 4.24. The summed E-state index contributed by atoms with van der Waals surface area (Å²) in [5.74, 6) is -12.1. The van der Waals surface area contributed by atoms with Crippen molar-refractivity contribution in [3.8, 4) is 0 Å². The van der Waals surface area contributed by atoms with Crippen LogP contribution in [-0.4, -0.2) is 12.6 Å². The van der Waals surface area contributed by atoms with Crippen LogP contribution in [0.3, 0.4) is 0 Å². The van der Waals surface area contributed by atoms with Gasteiger partial charge in [0, 0.05) is 0 Å². The van der Waals surface area contributed by atoms with E-state index in [1.54, 1.807) is 0 Å². The Morgan fingerprint density at radius 3 is 1.78 bits per heavy atom. The van der Waals surface area contributed by atoms with E-state index in [0.717, 1.165) is 0 Å². The van der Waals surface area contributed by atoms with Gasteiger partial charge in [-0.05, 0) is 6.92 Å². The predicted octanol–water partition coefficient (Wildman–Crippen LogP) is 2.96. The minimum Gasteiger partial charge on any atom is -0.462 e. The van der Waals surface area contributed by atoms with Crippen molar-refractivity contribution in [2.24, 2.45) is 0 Å². The molecule has 0 N–H and O–H groups in total. The minimum absolute atomic E-state index is 0.132. The lowest BCUT2D eigenvalue weighted by molar-refractivity contribution is -0.136. The number of esters is 1. The molecular formula is C11H7F5O2. The Morgan fingerprint density at radius 2 is 1.39 bits per heavy atom. The van der Waals surface area contributed by atoms with Crippen LogP contribution in [0, 0.1) is 29.1 Å². The summed E-state index contributed by atoms with van der Waals surface area (Å²) in [6, 6.07) is 0. The molecule has 18 heavy (non-hydrogen) atoms. The first-order valence-corrected chi connectivity index (χ1v) is 4.70. The zero-order chi connectivity index (χ0) is 14.0. The smallest absolute Gasteiger partial charge is 0.338 e. The summed E-state index contributed by atoms with van der Waals surface area (Å²) < 4.78 is 69.3. The largest absolute Gasteiger partial charge is 0.462 e. The molecule has 0 aliphatic rings. The lowest BCUT2D eigenvalue weighted by Crippen LogP contribution is -2.12. The van der Waals surface area contributed by atoms with Crippen molar-refractivity contribution in [1.29, 1.82) is 0 Å². The first-order valence-electron chi connectivity index (χ1n) is 4.70. The fraction of sp³-hybridized carbons (Fsp3) is 0.182. The molecule has 0 amide bonds. The van der Waals surface area contributed by atoms with E-state index in [-0.39, 0.29) is 6.61 Å². The molecule has 7 heteroatoms. The first kappa shape index (κ1) is 14.1. The molecule has 0 saturated carbocycles. The van der Waals surface area contributed by atoms with Gasteiger partial charge in [-0.15, -0.1) is 0 Å². The van der Waals surface area contributed by atoms with Gasteiger partial charge in [0.2, 0.25) is 5.82 Å². The molecule has 0 atom stereocenters. The van der Waals surface area contributed by atoms with Crippen LogP contribution in [0.4, 0.5) is 22.0 Å². The van der Waals surface area contributed by atoms with Crippen LogP contribution >= 0.6 is 0 Å². The highest BCUT2D eigenvalue weighted by Gasteiger charge is 2.29. The topological polar surface area (TPSA) is 26.3 Å². The average Bonchev–Trinajstić information content (AvgIpc) is 2.34. The van der Waals surface area contributed by atoms with Crippen molar-refractivity contribution in [1.82, 2.24) is 0 Å². The van der Waals surface area contributed by atoms with E-state index >= 15 is 0 Å². The molecular weight excluding hydrogens is 259 g/mol. The molecule has 0 aliphatic heterocycles. The van der Waals surface area contributed by atoms with Gasteiger partial charge in [0.15, 0.2) is 23.3 Å². The molecule has 0 spiro atoms. The van der Waals surface area contributed by atoms with Gasteiger partial charge in [-0.1, -0.05) is 6.58 Å². The molecule has 0 unspecified atom stereocenters. The number of hydrogen-bond donors (Lipinski definition) is 0. The van der Waals surface area contributed by atoms with E-state index < -0.39 is 46.2 Å². The summed E-state index contributed by atoms with van der Waals surface area (Å²) in [7, 11) is 0. The van der Waals surface area contributed by atoms with E-state index in [4.69, 9.17) is 0 Å². The Bertz CT molecular complexity index is 496. The van der Waals surface area contributed by atoms with E-state index in [1.165, 1.54) is 6.92 Å². The summed E-state index contributed by atoms with van der Waals surface area (Å²) >= 11 is 0. The van der Waals surface area contributed by atoms with E-state index in [9.17, 15) is 26.7 Å². The molecule has 0 aromatic heterocycles. The number of benzene rings is 1. The van der Waals surface area contributed by atoms with Crippen LogP contribution in [0.2, 0.25) is 0 Å². The lowest BCUT2D eigenvalue weighted by Gasteiger charge is -2.09. The average molecular weight is 266 g/mol. The third-order valence-electron chi connectivity index (χ3n) is 2.03. The Kier molecular flexibility index (Phi) is 4.05. The second kappa shape index (κ2) is 5.16. The molecule has 1 aromatic carbocycles. The quantitative estimate of drug-likeness (QED) is 0.276. The highest BCUT2D eigenvalue weighted by molar-refractivity contribution is 6.15. The Balaban J connectivity index is 3.42. The van der Waals surface area contributed by atoms with Gasteiger partial charge in [-0.3, -0.25) is 0 Å². The van der Waals surface area contributed by atoms with Crippen molar-refractivity contribution in [2.45, 2.75) is 6.92 Å². The third kappa shape index (κ3) is 2.20. The van der Waals surface area contributed by atoms with Crippen LogP contribution in [-0.2, 0) is 9.53 Å². The molecule has 0 heterocycles. The molecule has 0 fully saturated rings. The lowest BCUT2D eigenvalue weighted by atomic mass is 10.1. The summed E-state index contributed by atoms with van der Waals surface area (Å²) in [5.41, 5.74) is -2.32. The molecule has 0 saturated heterocycles. The zero-order valence-corrected chi connectivity index (χ0v) is 9.12. The van der Waals surface area contributed by atoms with Crippen LogP contribution in [0.25, 0.3) is 5.57 Å². The number of ether oxygens (including phenoxy) is 1. The third-order valence-corrected chi connectivity index (χ3v) is 2.03. The van der Waals surface area contributed by atoms with Crippen molar-refractivity contribution in [3.63, 3.8) is 0 Å². The second-order valence-corrected chi connectivity index (χ2v) is 3.14. The van der Waals surface area contributed by atoms with Gasteiger partial charge in [0.25, 0.3) is 0 Å². The van der Waals surface area contributed by atoms with Crippen molar-refractivity contribution in [2.75, 3.05) is 6.61 Å². The van der Waals surface area contributed by atoms with Crippen molar-refractivity contribution < 1.29 is 31.5 Å². The summed E-state index contributed by atoms with van der Waals surface area (Å²) in [5, 5.41) is 0. The van der Waals surface area contributed by atoms with Gasteiger partial charge in [-0.25, -0.2) is 26.7 Å². The minimum atomic E-state index is -2.30. The molecule has 98 valence electrons. The first-order chi connectivity index (χ1) is 8.32. The Morgan fingerprint density at radius 1 is 1.00 bits per heavy atom. The van der Waals surface area contributed by atoms with Gasteiger partial charge < -0.3 is 4.74 Å². The second-order valence-electron chi connectivity index (χ2n) is 3.14. The standard InChI is InChI=1S/C11H7F5O2/c1-3-18-11(17)4(2)5-6(12)8(14)10(16)9(15)7(5)13/h2-3H2,1H3. The maximum atomic E-state index is 13.3. The van der Waals surface area contributed by atoms with Crippen molar-refractivity contribution in [3.05, 3.63) is 41.2 Å². The monoisotopic (exact) mass is 266 g/mol. The van der Waals surface area contributed by atoms with E-state index in [2.05, 4.69) is 11.3 Å². The Hall–Kier alpha value is -1.92. The van der Waals surface area contributed by atoms with Gasteiger partial charge in [-0.2, -0.15) is 0 Å². The maximum Gasteiger partial charge on any atom is 0.338 e. The summed E-state index contributed by atoms with van der Waals surface area (Å²) in [4.78, 5) is 11.2. The Labute approximate surface area is 98.7 Å². The van der Waals surface area contributed by atoms with E-state index in [1.807, 2.05) is 0 Å². The maximum absolute atomic E-state index is 13.3. The van der Waals surface area contributed by atoms with Crippen LogP contribution in [0.15, 0.2) is 6.58 Å². The highest BCUT2D eigenvalue weighted by Crippen LogP contribution is 2.28. The molecule has 1 aromatic rings. The molecule has 1 rings (SSSR count). The number of carbonyl (C=O) groups excluding carboxylic acids is 1. The SMILES string of the molecule is C=C(C(=O)OCC)c1c(F)c(F)c(F)c(F)c1F. The number of hydrogen-bond acceptors (Lipinski definition) is 2. The summed E-state index contributed by atoms with van der Waals surface area (Å²) in [6.07, 6.45) is 0. The molecule has 0 aliphatic carbocycles. The van der Waals surface area contributed by atoms with E-state index in [0.29, 0.717) is 0 Å².